The third kappa shape index (κ3) is 0.922. The van der Waals surface area contributed by atoms with Crippen LogP contribution in [-0.4, -0.2) is 9.32 Å². The topological polar surface area (TPSA) is 34.1 Å². The second kappa shape index (κ2) is 2.27. The Morgan fingerprint density at radius 3 is 2.73 bits per heavy atom. The maximum Gasteiger partial charge on any atom is 0.228 e. The Bertz CT molecular complexity index is 344. The molecule has 0 radical (unpaired) electrons. The minimum Gasteiger partial charge on any atom is -0.284 e. The number of hydrogen-bond acceptors (Lipinski definition) is 2. The fourth-order valence-electron chi connectivity index (χ4n) is 1.17. The molecular formula is C8H6O2S. The molecule has 56 valence electrons. The smallest absolute Gasteiger partial charge is 0.228 e. The average molecular weight is 166 g/mol. The van der Waals surface area contributed by atoms with Crippen molar-refractivity contribution in [2.24, 2.45) is 0 Å². The first-order valence-corrected chi connectivity index (χ1v) is 4.46. The van der Waals surface area contributed by atoms with Crippen LogP contribution in [0.1, 0.15) is 5.56 Å². The lowest BCUT2D eigenvalue weighted by molar-refractivity contribution is -0.110. The van der Waals surface area contributed by atoms with Gasteiger partial charge in [0.15, 0.2) is 0 Å². The van der Waals surface area contributed by atoms with E-state index in [1.807, 2.05) is 12.1 Å². The van der Waals surface area contributed by atoms with Gasteiger partial charge in [0, 0.05) is 6.42 Å². The highest BCUT2D eigenvalue weighted by Crippen LogP contribution is 2.22. The summed E-state index contributed by atoms with van der Waals surface area (Å²) < 4.78 is 11.2. The van der Waals surface area contributed by atoms with Gasteiger partial charge in [0.05, 0.1) is 4.90 Å². The van der Waals surface area contributed by atoms with Crippen LogP contribution in [0.3, 0.4) is 0 Å². The summed E-state index contributed by atoms with van der Waals surface area (Å²) in [6.45, 7) is 0. The van der Waals surface area contributed by atoms with Gasteiger partial charge in [0.25, 0.3) is 0 Å². The predicted molar refractivity (Wildman–Crippen MR) is 41.6 cm³/mol. The molecule has 2 rings (SSSR count). The number of carbonyl (C=O) groups is 1. The maximum absolute atomic E-state index is 11.2. The van der Waals surface area contributed by atoms with Crippen LogP contribution in [0.4, 0.5) is 0 Å². The molecule has 0 fully saturated rings. The first kappa shape index (κ1) is 6.73. The Hall–Kier alpha value is -0.960. The van der Waals surface area contributed by atoms with Crippen LogP contribution in [0, 0.1) is 0 Å². The van der Waals surface area contributed by atoms with E-state index in [1.54, 1.807) is 12.1 Å². The van der Waals surface area contributed by atoms with Gasteiger partial charge in [0.1, 0.15) is 10.8 Å². The molecule has 0 bridgehead atoms. The number of hydrogen-bond donors (Lipinski definition) is 0. The molecule has 1 aliphatic rings. The molecule has 0 N–H and O–H groups in total. The summed E-state index contributed by atoms with van der Waals surface area (Å²) in [6.07, 6.45) is 0.336. The van der Waals surface area contributed by atoms with E-state index in [4.69, 9.17) is 0 Å². The summed E-state index contributed by atoms with van der Waals surface area (Å²) in [5.74, 6) is 0. The Balaban J connectivity index is 2.64. The first-order chi connectivity index (χ1) is 5.29. The van der Waals surface area contributed by atoms with E-state index < -0.39 is 10.8 Å². The van der Waals surface area contributed by atoms with Crippen LogP contribution in [0.5, 0.6) is 0 Å². The van der Waals surface area contributed by atoms with Crippen molar-refractivity contribution in [3.05, 3.63) is 29.8 Å². The second-order valence-corrected chi connectivity index (χ2v) is 3.86. The first-order valence-electron chi connectivity index (χ1n) is 3.31. The minimum atomic E-state index is -1.38. The summed E-state index contributed by atoms with van der Waals surface area (Å²) in [4.78, 5) is 11.6. The molecular weight excluding hydrogens is 160 g/mol. The average Bonchev–Trinajstić information content (AvgIpc) is 2.30. The SMILES string of the molecule is O=C1Cc2ccccc2S1=O. The van der Waals surface area contributed by atoms with E-state index >= 15 is 0 Å². The molecule has 1 aromatic rings. The lowest BCUT2D eigenvalue weighted by Gasteiger charge is -1.90. The molecule has 0 amide bonds. The van der Waals surface area contributed by atoms with E-state index in [0.717, 1.165) is 5.56 Å². The fourth-order valence-corrected chi connectivity index (χ4v) is 2.29. The zero-order chi connectivity index (χ0) is 7.84. The fraction of sp³-hybridized carbons (Fsp3) is 0.125. The van der Waals surface area contributed by atoms with Crippen LogP contribution < -0.4 is 0 Å². The Morgan fingerprint density at radius 1 is 1.27 bits per heavy atom. The third-order valence-corrected chi connectivity index (χ3v) is 3.07. The Labute approximate surface area is 66.7 Å². The standard InChI is InChI=1S/C8H6O2S/c9-8-5-6-3-1-2-4-7(6)11(8)10/h1-4H,5H2. The van der Waals surface area contributed by atoms with Crippen molar-refractivity contribution in [2.75, 3.05) is 0 Å². The van der Waals surface area contributed by atoms with Crippen molar-refractivity contribution in [1.29, 1.82) is 0 Å². The van der Waals surface area contributed by atoms with Gasteiger partial charge in [-0.15, -0.1) is 0 Å². The predicted octanol–water partition coefficient (Wildman–Crippen LogP) is 0.877. The molecule has 1 atom stereocenters. The van der Waals surface area contributed by atoms with E-state index in [1.165, 1.54) is 0 Å². The van der Waals surface area contributed by atoms with E-state index in [9.17, 15) is 9.00 Å². The van der Waals surface area contributed by atoms with Crippen LogP contribution in [-0.2, 0) is 22.0 Å². The molecule has 0 aromatic heterocycles. The maximum atomic E-state index is 11.2. The largest absolute Gasteiger partial charge is 0.284 e. The molecule has 2 nitrogen and oxygen atoms in total. The molecule has 1 heterocycles. The molecule has 1 unspecified atom stereocenters. The third-order valence-electron chi connectivity index (χ3n) is 1.71. The second-order valence-electron chi connectivity index (χ2n) is 2.43. The van der Waals surface area contributed by atoms with Gasteiger partial charge < -0.3 is 0 Å². The number of carbonyl (C=O) groups excluding carboxylic acids is 1. The number of fused-ring (bicyclic) bond motifs is 1. The van der Waals surface area contributed by atoms with E-state index in [-0.39, 0.29) is 5.12 Å². The van der Waals surface area contributed by atoms with Gasteiger partial charge in [0.2, 0.25) is 5.12 Å². The summed E-state index contributed by atoms with van der Waals surface area (Å²) in [6, 6.07) is 7.25. The van der Waals surface area contributed by atoms with Crippen molar-refractivity contribution >= 4 is 15.9 Å². The van der Waals surface area contributed by atoms with E-state index in [0.29, 0.717) is 11.3 Å². The quantitative estimate of drug-likeness (QED) is 0.573. The molecule has 1 aliphatic heterocycles. The van der Waals surface area contributed by atoms with Crippen molar-refractivity contribution in [3.63, 3.8) is 0 Å². The summed E-state index contributed by atoms with van der Waals surface area (Å²) in [5.41, 5.74) is 0.913. The van der Waals surface area contributed by atoms with Crippen molar-refractivity contribution in [1.82, 2.24) is 0 Å². The minimum absolute atomic E-state index is 0.175. The number of rotatable bonds is 0. The van der Waals surface area contributed by atoms with Crippen LogP contribution in [0.2, 0.25) is 0 Å². The summed E-state index contributed by atoms with van der Waals surface area (Å²) >= 11 is 0. The van der Waals surface area contributed by atoms with Crippen LogP contribution in [0.25, 0.3) is 0 Å². The summed E-state index contributed by atoms with van der Waals surface area (Å²) in [5, 5.41) is -0.175. The van der Waals surface area contributed by atoms with Gasteiger partial charge in [-0.2, -0.15) is 0 Å². The lowest BCUT2D eigenvalue weighted by atomic mass is 10.2. The van der Waals surface area contributed by atoms with Gasteiger partial charge in [-0.25, -0.2) is 4.21 Å². The Morgan fingerprint density at radius 2 is 2.00 bits per heavy atom. The molecule has 11 heavy (non-hydrogen) atoms. The molecule has 3 heteroatoms. The van der Waals surface area contributed by atoms with Crippen LogP contribution in [0.15, 0.2) is 29.2 Å². The summed E-state index contributed by atoms with van der Waals surface area (Å²) in [7, 11) is -1.38. The highest BCUT2D eigenvalue weighted by atomic mass is 32.2. The highest BCUT2D eigenvalue weighted by Gasteiger charge is 2.25. The molecule has 0 spiro atoms. The molecule has 1 aromatic carbocycles. The van der Waals surface area contributed by atoms with Gasteiger partial charge in [-0.1, -0.05) is 18.2 Å². The normalized spacial score (nSPS) is 21.8. The van der Waals surface area contributed by atoms with Gasteiger partial charge in [-0.05, 0) is 11.6 Å². The lowest BCUT2D eigenvalue weighted by Crippen LogP contribution is -1.98. The highest BCUT2D eigenvalue weighted by molar-refractivity contribution is 8.00. The molecule has 0 aliphatic carbocycles. The van der Waals surface area contributed by atoms with Crippen molar-refractivity contribution in [3.8, 4) is 0 Å². The Kier molecular flexibility index (Phi) is 1.39. The van der Waals surface area contributed by atoms with Gasteiger partial charge in [-0.3, -0.25) is 4.79 Å². The molecule has 0 saturated carbocycles. The van der Waals surface area contributed by atoms with Crippen LogP contribution >= 0.6 is 0 Å². The zero-order valence-electron chi connectivity index (χ0n) is 5.74. The van der Waals surface area contributed by atoms with Crippen molar-refractivity contribution in [2.45, 2.75) is 11.3 Å². The zero-order valence-corrected chi connectivity index (χ0v) is 6.56. The molecule has 0 saturated heterocycles. The van der Waals surface area contributed by atoms with Crippen molar-refractivity contribution < 1.29 is 9.00 Å². The van der Waals surface area contributed by atoms with Gasteiger partial charge >= 0.3 is 0 Å². The number of benzene rings is 1. The van der Waals surface area contributed by atoms with E-state index in [2.05, 4.69) is 0 Å². The monoisotopic (exact) mass is 166 g/mol.